The largest absolute Gasteiger partial charge is 0.497 e. The minimum absolute atomic E-state index is 0.155. The number of carbonyl (C=O) groups is 1. The molecule has 172 valence electrons. The molecule has 2 aliphatic rings. The standard InChI is InChI=1S/C27H30N2O3S/c1-31-23-11-5-7-20(18-23)17-22-10-6-12-29(22)26(30)25-19-24(21-8-3-2-4-9-21)27(33-25)28-13-15-32-16-14-28/h2-5,7-9,11,18-19,22H,6,10,12-17H2,1H3. The Morgan fingerprint density at radius 3 is 2.67 bits per heavy atom. The summed E-state index contributed by atoms with van der Waals surface area (Å²) in [4.78, 5) is 19.0. The van der Waals surface area contributed by atoms with Gasteiger partial charge in [0.05, 0.1) is 30.2 Å². The summed E-state index contributed by atoms with van der Waals surface area (Å²) in [6.45, 7) is 3.99. The number of benzene rings is 2. The fraction of sp³-hybridized carbons (Fsp3) is 0.370. The van der Waals surface area contributed by atoms with E-state index in [4.69, 9.17) is 9.47 Å². The van der Waals surface area contributed by atoms with Crippen LogP contribution in [0.4, 0.5) is 5.00 Å². The summed E-state index contributed by atoms with van der Waals surface area (Å²) in [6, 6.07) is 20.9. The van der Waals surface area contributed by atoms with Gasteiger partial charge < -0.3 is 19.3 Å². The monoisotopic (exact) mass is 462 g/mol. The molecule has 2 aliphatic heterocycles. The van der Waals surface area contributed by atoms with Crippen LogP contribution >= 0.6 is 11.3 Å². The molecule has 1 aromatic heterocycles. The Morgan fingerprint density at radius 2 is 1.88 bits per heavy atom. The molecule has 3 aromatic rings. The van der Waals surface area contributed by atoms with Crippen LogP contribution in [0, 0.1) is 0 Å². The molecule has 0 aliphatic carbocycles. The number of hydrogen-bond donors (Lipinski definition) is 0. The van der Waals surface area contributed by atoms with Gasteiger partial charge in [-0.05, 0) is 48.6 Å². The number of methoxy groups -OCH3 is 1. The topological polar surface area (TPSA) is 42.0 Å². The molecule has 0 spiro atoms. The second-order valence-corrected chi connectivity index (χ2v) is 9.68. The van der Waals surface area contributed by atoms with Gasteiger partial charge in [0, 0.05) is 31.2 Å². The molecule has 2 saturated heterocycles. The van der Waals surface area contributed by atoms with Gasteiger partial charge in [-0.1, -0.05) is 42.5 Å². The molecular formula is C27H30N2O3S. The first-order valence-corrected chi connectivity index (χ1v) is 12.5. The van der Waals surface area contributed by atoms with Crippen molar-refractivity contribution in [2.75, 3.05) is 44.9 Å². The molecule has 1 atom stereocenters. The number of carbonyl (C=O) groups excluding carboxylic acids is 1. The molecule has 5 rings (SSSR count). The van der Waals surface area contributed by atoms with E-state index in [2.05, 4.69) is 52.3 Å². The summed E-state index contributed by atoms with van der Waals surface area (Å²) in [5.74, 6) is 1.02. The minimum atomic E-state index is 0.155. The quantitative estimate of drug-likeness (QED) is 0.511. The Kier molecular flexibility index (Phi) is 6.65. The summed E-state index contributed by atoms with van der Waals surface area (Å²) in [5.41, 5.74) is 3.52. The molecular weight excluding hydrogens is 432 g/mol. The third-order valence-electron chi connectivity index (χ3n) is 6.55. The van der Waals surface area contributed by atoms with Gasteiger partial charge >= 0.3 is 0 Å². The number of rotatable bonds is 6. The SMILES string of the molecule is COc1cccc(CC2CCCN2C(=O)c2cc(-c3ccccc3)c(N3CCOCC3)s2)c1. The fourth-order valence-corrected chi connectivity index (χ4v) is 6.03. The van der Waals surface area contributed by atoms with Crippen molar-refractivity contribution in [3.8, 4) is 16.9 Å². The lowest BCUT2D eigenvalue weighted by molar-refractivity contribution is 0.0741. The molecule has 33 heavy (non-hydrogen) atoms. The molecule has 6 heteroatoms. The van der Waals surface area contributed by atoms with Gasteiger partial charge in [-0.3, -0.25) is 4.79 Å². The molecule has 5 nitrogen and oxygen atoms in total. The van der Waals surface area contributed by atoms with Crippen molar-refractivity contribution in [3.05, 3.63) is 71.1 Å². The maximum atomic E-state index is 13.7. The molecule has 0 N–H and O–H groups in total. The van der Waals surface area contributed by atoms with Crippen LogP contribution < -0.4 is 9.64 Å². The van der Waals surface area contributed by atoms with Gasteiger partial charge in [0.15, 0.2) is 0 Å². The minimum Gasteiger partial charge on any atom is -0.497 e. The Balaban J connectivity index is 1.42. The third kappa shape index (κ3) is 4.77. The van der Waals surface area contributed by atoms with Crippen molar-refractivity contribution in [1.82, 2.24) is 4.90 Å². The lowest BCUT2D eigenvalue weighted by Gasteiger charge is -2.28. The molecule has 0 bridgehead atoms. The van der Waals surface area contributed by atoms with Crippen LogP contribution in [0.3, 0.4) is 0 Å². The van der Waals surface area contributed by atoms with E-state index in [1.165, 1.54) is 10.6 Å². The molecule has 2 aromatic carbocycles. The first-order valence-electron chi connectivity index (χ1n) is 11.7. The number of ether oxygens (including phenoxy) is 2. The normalized spacial score (nSPS) is 18.5. The first kappa shape index (κ1) is 22.0. The molecule has 0 radical (unpaired) electrons. The summed E-state index contributed by atoms with van der Waals surface area (Å²) in [5, 5.41) is 1.18. The predicted octanol–water partition coefficient (Wildman–Crippen LogP) is 5.11. The zero-order valence-electron chi connectivity index (χ0n) is 19.0. The molecule has 1 amide bonds. The highest BCUT2D eigenvalue weighted by Crippen LogP contribution is 2.40. The van der Waals surface area contributed by atoms with Gasteiger partial charge in [0.2, 0.25) is 0 Å². The van der Waals surface area contributed by atoms with E-state index < -0.39 is 0 Å². The van der Waals surface area contributed by atoms with Crippen LogP contribution in [0.15, 0.2) is 60.7 Å². The Hall–Kier alpha value is -2.83. The van der Waals surface area contributed by atoms with Crippen LogP contribution in [0.5, 0.6) is 5.75 Å². The van der Waals surface area contributed by atoms with Crippen LogP contribution in [0.25, 0.3) is 11.1 Å². The Morgan fingerprint density at radius 1 is 1.06 bits per heavy atom. The maximum absolute atomic E-state index is 13.7. The van der Waals surface area contributed by atoms with E-state index >= 15 is 0 Å². The van der Waals surface area contributed by atoms with Gasteiger partial charge in [-0.2, -0.15) is 0 Å². The van der Waals surface area contributed by atoms with Crippen molar-refractivity contribution in [2.24, 2.45) is 0 Å². The highest BCUT2D eigenvalue weighted by molar-refractivity contribution is 7.18. The summed E-state index contributed by atoms with van der Waals surface area (Å²) < 4.78 is 11.0. The van der Waals surface area contributed by atoms with E-state index in [1.54, 1.807) is 18.4 Å². The van der Waals surface area contributed by atoms with Gasteiger partial charge in [-0.25, -0.2) is 0 Å². The average molecular weight is 463 g/mol. The van der Waals surface area contributed by atoms with Crippen molar-refractivity contribution in [3.63, 3.8) is 0 Å². The summed E-state index contributed by atoms with van der Waals surface area (Å²) >= 11 is 1.63. The van der Waals surface area contributed by atoms with E-state index in [9.17, 15) is 4.79 Å². The number of anilines is 1. The molecule has 3 heterocycles. The Labute approximate surface area is 199 Å². The zero-order valence-corrected chi connectivity index (χ0v) is 19.9. The number of amides is 1. The van der Waals surface area contributed by atoms with E-state index in [-0.39, 0.29) is 11.9 Å². The lowest BCUT2D eigenvalue weighted by atomic mass is 10.0. The third-order valence-corrected chi connectivity index (χ3v) is 7.73. The smallest absolute Gasteiger partial charge is 0.264 e. The second kappa shape index (κ2) is 9.98. The second-order valence-electron chi connectivity index (χ2n) is 8.65. The Bertz CT molecular complexity index is 1090. The molecule has 1 unspecified atom stereocenters. The zero-order chi connectivity index (χ0) is 22.6. The number of likely N-dealkylation sites (tertiary alicyclic amines) is 1. The molecule has 0 saturated carbocycles. The van der Waals surface area contributed by atoms with E-state index in [1.807, 2.05) is 18.2 Å². The van der Waals surface area contributed by atoms with Crippen molar-refractivity contribution >= 4 is 22.2 Å². The fourth-order valence-electron chi connectivity index (χ4n) is 4.84. The summed E-state index contributed by atoms with van der Waals surface area (Å²) in [6.07, 6.45) is 2.94. The number of hydrogen-bond acceptors (Lipinski definition) is 5. The molecule has 2 fully saturated rings. The van der Waals surface area contributed by atoms with E-state index in [0.29, 0.717) is 0 Å². The van der Waals surface area contributed by atoms with Gasteiger partial charge in [0.25, 0.3) is 5.91 Å². The van der Waals surface area contributed by atoms with Crippen molar-refractivity contribution in [1.29, 1.82) is 0 Å². The summed E-state index contributed by atoms with van der Waals surface area (Å²) in [7, 11) is 1.69. The highest BCUT2D eigenvalue weighted by atomic mass is 32.1. The van der Waals surface area contributed by atoms with Crippen LogP contribution in [0.1, 0.15) is 28.1 Å². The van der Waals surface area contributed by atoms with Gasteiger partial charge in [-0.15, -0.1) is 11.3 Å². The van der Waals surface area contributed by atoms with Crippen LogP contribution in [-0.4, -0.2) is 56.8 Å². The first-order chi connectivity index (χ1) is 16.2. The van der Waals surface area contributed by atoms with Crippen molar-refractivity contribution < 1.29 is 14.3 Å². The highest BCUT2D eigenvalue weighted by Gasteiger charge is 2.32. The predicted molar refractivity (Wildman–Crippen MR) is 134 cm³/mol. The van der Waals surface area contributed by atoms with Gasteiger partial charge in [0.1, 0.15) is 5.75 Å². The van der Waals surface area contributed by atoms with Crippen LogP contribution in [-0.2, 0) is 11.2 Å². The number of morpholine rings is 1. The van der Waals surface area contributed by atoms with Crippen molar-refractivity contribution in [2.45, 2.75) is 25.3 Å². The maximum Gasteiger partial charge on any atom is 0.264 e. The van der Waals surface area contributed by atoms with E-state index in [0.717, 1.165) is 73.9 Å². The lowest BCUT2D eigenvalue weighted by Crippen LogP contribution is -2.36. The number of nitrogens with zero attached hydrogens (tertiary/aromatic N) is 2. The number of thiophene rings is 1. The van der Waals surface area contributed by atoms with Crippen LogP contribution in [0.2, 0.25) is 0 Å². The average Bonchev–Trinajstić information content (AvgIpc) is 3.52.